The van der Waals surface area contributed by atoms with Crippen molar-refractivity contribution in [1.29, 1.82) is 0 Å². The Balaban J connectivity index is 1.78. The summed E-state index contributed by atoms with van der Waals surface area (Å²) in [6.07, 6.45) is 4.67. The lowest BCUT2D eigenvalue weighted by Crippen LogP contribution is -2.04. The third kappa shape index (κ3) is 3.20. The van der Waals surface area contributed by atoms with Crippen LogP contribution in [0.5, 0.6) is 0 Å². The van der Waals surface area contributed by atoms with Crippen LogP contribution in [0.15, 0.2) is 55.0 Å². The lowest BCUT2D eigenvalue weighted by Gasteiger charge is -2.08. The van der Waals surface area contributed by atoms with Gasteiger partial charge in [0.05, 0.1) is 16.5 Å². The highest BCUT2D eigenvalue weighted by molar-refractivity contribution is 7.21. The number of nitrogens with zero attached hydrogens (tertiary/aromatic N) is 5. The summed E-state index contributed by atoms with van der Waals surface area (Å²) in [4.78, 5) is 28.4. The smallest absolute Gasteiger partial charge is 0.326 e. The van der Waals surface area contributed by atoms with Crippen molar-refractivity contribution in [3.05, 3.63) is 70.7 Å². The highest BCUT2D eigenvalue weighted by Crippen LogP contribution is 2.35. The molecule has 0 bridgehead atoms. The predicted molar refractivity (Wildman–Crippen MR) is 98.9 cm³/mol. The van der Waals surface area contributed by atoms with Crippen LogP contribution in [0.4, 0.5) is 10.8 Å². The summed E-state index contributed by atoms with van der Waals surface area (Å²) in [5.41, 5.74) is 1.58. The number of aromatic nitrogens is 4. The van der Waals surface area contributed by atoms with Crippen LogP contribution in [-0.4, -0.2) is 24.9 Å². The fraction of sp³-hybridized carbons (Fsp3) is 0.0588. The first-order chi connectivity index (χ1) is 12.7. The number of nitro groups is 1. The van der Waals surface area contributed by atoms with E-state index in [4.69, 9.17) is 0 Å². The van der Waals surface area contributed by atoms with Gasteiger partial charge in [0.2, 0.25) is 0 Å². The predicted octanol–water partition coefficient (Wildman–Crippen LogP) is 3.67. The quantitative estimate of drug-likeness (QED) is 0.425. The van der Waals surface area contributed by atoms with E-state index in [9.17, 15) is 10.1 Å². The second-order valence-corrected chi connectivity index (χ2v) is 6.40. The number of benzene rings is 1. The van der Waals surface area contributed by atoms with Crippen LogP contribution < -0.4 is 5.32 Å². The first kappa shape index (κ1) is 16.0. The zero-order valence-corrected chi connectivity index (χ0v) is 14.2. The van der Waals surface area contributed by atoms with Crippen molar-refractivity contribution in [1.82, 2.24) is 19.9 Å². The average Bonchev–Trinajstić information content (AvgIpc) is 3.12. The van der Waals surface area contributed by atoms with Gasteiger partial charge in [-0.15, -0.1) is 0 Å². The Morgan fingerprint density at radius 3 is 2.73 bits per heavy atom. The molecule has 1 N–H and O–H groups in total. The van der Waals surface area contributed by atoms with E-state index in [2.05, 4.69) is 25.3 Å². The molecule has 0 aliphatic carbocycles. The van der Waals surface area contributed by atoms with Crippen molar-refractivity contribution >= 4 is 32.4 Å². The third-order valence-electron chi connectivity index (χ3n) is 3.65. The number of nitrogens with one attached hydrogen (secondary N) is 1. The molecule has 0 saturated carbocycles. The van der Waals surface area contributed by atoms with Gasteiger partial charge in [0.15, 0.2) is 5.82 Å². The summed E-state index contributed by atoms with van der Waals surface area (Å²) < 4.78 is 0. The zero-order valence-electron chi connectivity index (χ0n) is 13.4. The van der Waals surface area contributed by atoms with Gasteiger partial charge in [-0.2, -0.15) is 0 Å². The van der Waals surface area contributed by atoms with Gasteiger partial charge in [-0.05, 0) is 16.9 Å². The topological polar surface area (TPSA) is 107 Å². The lowest BCUT2D eigenvalue weighted by molar-refractivity contribution is -0.380. The number of fused-ring (bicyclic) bond motifs is 1. The average molecular weight is 364 g/mol. The Bertz CT molecular complexity index is 1070. The largest absolute Gasteiger partial charge is 0.365 e. The molecule has 3 aromatic heterocycles. The molecule has 9 heteroatoms. The van der Waals surface area contributed by atoms with Crippen molar-refractivity contribution < 1.29 is 4.92 Å². The Kier molecular flexibility index (Phi) is 4.20. The molecule has 26 heavy (non-hydrogen) atoms. The zero-order chi connectivity index (χ0) is 17.9. The number of hydrogen-bond donors (Lipinski definition) is 1. The van der Waals surface area contributed by atoms with Gasteiger partial charge in [-0.25, -0.2) is 15.0 Å². The molecular formula is C17H12N6O2S. The number of rotatable bonds is 5. The van der Waals surface area contributed by atoms with Gasteiger partial charge < -0.3 is 5.32 Å². The molecule has 1 aromatic carbocycles. The SMILES string of the molecule is O=[N+]([O-])c1cc2c(NCc3ccccc3)nc(-c3cnccn3)nc2s1. The molecule has 4 rings (SSSR count). The molecule has 0 fully saturated rings. The van der Waals surface area contributed by atoms with E-state index in [0.717, 1.165) is 16.9 Å². The van der Waals surface area contributed by atoms with E-state index in [1.54, 1.807) is 18.6 Å². The second kappa shape index (κ2) is 6.81. The summed E-state index contributed by atoms with van der Waals surface area (Å²) >= 11 is 1.01. The van der Waals surface area contributed by atoms with Crippen molar-refractivity contribution in [2.45, 2.75) is 6.54 Å². The second-order valence-electron chi connectivity index (χ2n) is 5.39. The van der Waals surface area contributed by atoms with Crippen LogP contribution in [0.25, 0.3) is 21.7 Å². The lowest BCUT2D eigenvalue weighted by atomic mass is 10.2. The molecular weight excluding hydrogens is 352 g/mol. The van der Waals surface area contributed by atoms with Crippen LogP contribution in [0.1, 0.15) is 5.56 Å². The minimum absolute atomic E-state index is 0.0216. The molecule has 4 aromatic rings. The van der Waals surface area contributed by atoms with Crippen molar-refractivity contribution in [2.75, 3.05) is 5.32 Å². The summed E-state index contributed by atoms with van der Waals surface area (Å²) in [6.45, 7) is 0.538. The fourth-order valence-corrected chi connectivity index (χ4v) is 3.29. The first-order valence-electron chi connectivity index (χ1n) is 7.71. The molecule has 0 spiro atoms. The van der Waals surface area contributed by atoms with Crippen LogP contribution in [0.2, 0.25) is 0 Å². The van der Waals surface area contributed by atoms with E-state index in [0.29, 0.717) is 34.1 Å². The molecule has 0 saturated heterocycles. The maximum Gasteiger partial charge on any atom is 0.326 e. The molecule has 0 atom stereocenters. The number of hydrogen-bond acceptors (Lipinski definition) is 8. The Morgan fingerprint density at radius 1 is 1.15 bits per heavy atom. The van der Waals surface area contributed by atoms with Gasteiger partial charge in [0, 0.05) is 25.0 Å². The van der Waals surface area contributed by atoms with E-state index in [-0.39, 0.29) is 5.00 Å². The molecule has 128 valence electrons. The van der Waals surface area contributed by atoms with Crippen molar-refractivity contribution in [2.24, 2.45) is 0 Å². The number of thiophene rings is 1. The van der Waals surface area contributed by atoms with Crippen LogP contribution in [-0.2, 0) is 6.54 Å². The summed E-state index contributed by atoms with van der Waals surface area (Å²) in [5.74, 6) is 0.904. The van der Waals surface area contributed by atoms with Crippen LogP contribution >= 0.6 is 11.3 Å². The maximum atomic E-state index is 11.1. The maximum absolute atomic E-state index is 11.1. The monoisotopic (exact) mass is 364 g/mol. The van der Waals surface area contributed by atoms with Gasteiger partial charge >= 0.3 is 5.00 Å². The molecule has 0 unspecified atom stereocenters. The van der Waals surface area contributed by atoms with E-state index >= 15 is 0 Å². The Hall–Kier alpha value is -3.46. The molecule has 0 aliphatic heterocycles. The summed E-state index contributed by atoms with van der Waals surface area (Å²) in [5, 5.41) is 15.0. The molecule has 0 radical (unpaired) electrons. The van der Waals surface area contributed by atoms with Gasteiger partial charge in [-0.1, -0.05) is 30.3 Å². The minimum Gasteiger partial charge on any atom is -0.365 e. The van der Waals surface area contributed by atoms with Gasteiger partial charge in [0.1, 0.15) is 16.3 Å². The Labute approximate surface area is 151 Å². The van der Waals surface area contributed by atoms with Gasteiger partial charge in [-0.3, -0.25) is 15.1 Å². The molecule has 0 amide bonds. The molecule has 8 nitrogen and oxygen atoms in total. The minimum atomic E-state index is -0.421. The highest BCUT2D eigenvalue weighted by atomic mass is 32.1. The van der Waals surface area contributed by atoms with E-state index in [1.807, 2.05) is 30.3 Å². The van der Waals surface area contributed by atoms with E-state index in [1.165, 1.54) is 6.07 Å². The number of anilines is 1. The van der Waals surface area contributed by atoms with Crippen molar-refractivity contribution in [3.63, 3.8) is 0 Å². The fourth-order valence-electron chi connectivity index (χ4n) is 2.44. The standard InChI is InChI=1S/C17H12N6O2S/c24-23(25)14-8-12-15(20-9-11-4-2-1-3-5-11)21-16(22-17(12)26-14)13-10-18-6-7-19-13/h1-8,10H,9H2,(H,20,21,22). The van der Waals surface area contributed by atoms with Crippen molar-refractivity contribution in [3.8, 4) is 11.5 Å². The summed E-state index contributed by atoms with van der Waals surface area (Å²) in [7, 11) is 0. The van der Waals surface area contributed by atoms with E-state index < -0.39 is 4.92 Å². The highest BCUT2D eigenvalue weighted by Gasteiger charge is 2.18. The Morgan fingerprint density at radius 2 is 2.00 bits per heavy atom. The third-order valence-corrected chi connectivity index (χ3v) is 4.64. The normalized spacial score (nSPS) is 10.8. The van der Waals surface area contributed by atoms with Crippen LogP contribution in [0, 0.1) is 10.1 Å². The van der Waals surface area contributed by atoms with Gasteiger partial charge in [0.25, 0.3) is 0 Å². The molecule has 3 heterocycles. The summed E-state index contributed by atoms with van der Waals surface area (Å²) in [6, 6.07) is 11.3. The first-order valence-corrected chi connectivity index (χ1v) is 8.52. The molecule has 0 aliphatic rings. The van der Waals surface area contributed by atoms with Crippen LogP contribution in [0.3, 0.4) is 0 Å².